The second-order valence-electron chi connectivity index (χ2n) is 21.1. The summed E-state index contributed by atoms with van der Waals surface area (Å²) < 4.78 is 29.6. The van der Waals surface area contributed by atoms with Crippen LogP contribution in [0.4, 0.5) is 26.7 Å². The van der Waals surface area contributed by atoms with Gasteiger partial charge < -0.3 is 70.7 Å². The van der Waals surface area contributed by atoms with Crippen molar-refractivity contribution in [2.24, 2.45) is 5.73 Å². The fourth-order valence-electron chi connectivity index (χ4n) is 10.2. The van der Waals surface area contributed by atoms with Gasteiger partial charge in [-0.3, -0.25) is 33.7 Å². The number of benzene rings is 3. The molecule has 466 valence electrons. The van der Waals surface area contributed by atoms with E-state index in [1.165, 1.54) is 30.6 Å². The van der Waals surface area contributed by atoms with Crippen LogP contribution in [0.2, 0.25) is 0 Å². The minimum absolute atomic E-state index is 0. The monoisotopic (exact) mass is 1270 g/mol. The standard InChI is InChI=1S/C58H71N10O13.C3H8.C2H6.Rb/c1-36-24-40-30-62-45-28-49(47(77-3)26-42(45)55(73)66(40)32-36)79-22-10-5-11-23-80-50-29-46-43(27-48(50)78-4)56(74)67-33-37(2)25-41(67)34-68(46)58(76)81-35-38-13-15-39(16-14-38)63-54(72)44(12-6-7-20-61-57(59)75)64-51(69)31-60-19-8-9-21-65-52(70)17-18-53(65)71;1-3-2;1-2;/h13-18,26-29,34,40-41,44,60,62H,1-2,5-12,19-25,30-33,35H2,3-4H3,(H,63,72)(H,64,69)(H3,59,61,75);3H2,1-2H3;1-2H3;/q-1;;;+1. The van der Waals surface area contributed by atoms with E-state index in [2.05, 4.69) is 53.6 Å². The van der Waals surface area contributed by atoms with Gasteiger partial charge in [-0.1, -0.05) is 76.6 Å². The van der Waals surface area contributed by atoms with E-state index in [1.807, 2.05) is 24.8 Å². The molecule has 0 bridgehead atoms. The van der Waals surface area contributed by atoms with E-state index >= 15 is 0 Å². The molecule has 5 aliphatic rings. The van der Waals surface area contributed by atoms with Gasteiger partial charge >= 0.3 is 70.3 Å². The summed E-state index contributed by atoms with van der Waals surface area (Å²) in [5.41, 5.74) is 9.79. The van der Waals surface area contributed by atoms with Crippen LogP contribution in [0, 0.1) is 6.54 Å². The van der Waals surface area contributed by atoms with Crippen LogP contribution in [0.3, 0.4) is 0 Å². The molecule has 0 aromatic heterocycles. The summed E-state index contributed by atoms with van der Waals surface area (Å²) in [6.45, 7) is 21.0. The van der Waals surface area contributed by atoms with Crippen LogP contribution in [-0.2, 0) is 30.5 Å². The largest absolute Gasteiger partial charge is 1.00 e. The van der Waals surface area contributed by atoms with Crippen LogP contribution >= 0.6 is 0 Å². The molecule has 0 saturated carbocycles. The first-order chi connectivity index (χ1) is 41.5. The molecule has 9 amide bonds. The number of unbranched alkanes of at least 4 members (excludes halogenated alkanes) is 4. The van der Waals surface area contributed by atoms with Gasteiger partial charge in [-0.2, -0.15) is 0 Å². The molecular weight excluding hydrogens is 1190 g/mol. The molecule has 3 atom stereocenters. The molecule has 0 radical (unpaired) electrons. The number of nitrogens with one attached hydrogen (secondary N) is 5. The molecule has 23 nitrogen and oxygen atoms in total. The number of urea groups is 1. The van der Waals surface area contributed by atoms with Crippen molar-refractivity contribution < 1.29 is 120 Å². The molecule has 3 unspecified atom stereocenters. The Morgan fingerprint density at radius 2 is 1.37 bits per heavy atom. The number of primary amides is 1. The Labute approximate surface area is 559 Å². The summed E-state index contributed by atoms with van der Waals surface area (Å²) in [5.74, 6) is -0.303. The van der Waals surface area contributed by atoms with Crippen molar-refractivity contribution >= 4 is 64.6 Å². The Hall–Kier alpha value is -6.79. The van der Waals surface area contributed by atoms with Crippen molar-refractivity contribution in [3.05, 3.63) is 108 Å². The van der Waals surface area contributed by atoms with Gasteiger partial charge in [-0.15, -0.1) is 0 Å². The minimum Gasteiger partial charge on any atom is -0.493 e. The first-order valence-electron chi connectivity index (χ1n) is 29.7. The van der Waals surface area contributed by atoms with Gasteiger partial charge in [0.2, 0.25) is 11.8 Å². The topological polar surface area (TPSA) is 282 Å². The number of fused-ring (bicyclic) bond motifs is 4. The zero-order chi connectivity index (χ0) is 62.3. The molecule has 8 rings (SSSR count). The summed E-state index contributed by atoms with van der Waals surface area (Å²) in [7, 11) is 3.02. The second-order valence-corrected chi connectivity index (χ2v) is 21.1. The van der Waals surface area contributed by atoms with Gasteiger partial charge in [0, 0.05) is 68.4 Å². The van der Waals surface area contributed by atoms with Crippen molar-refractivity contribution in [1.82, 2.24) is 30.7 Å². The van der Waals surface area contributed by atoms with Crippen molar-refractivity contribution in [2.45, 2.75) is 123 Å². The summed E-state index contributed by atoms with van der Waals surface area (Å²) in [5, 5.41) is 14.6. The average molecular weight is 1280 g/mol. The maximum Gasteiger partial charge on any atom is 1.00 e. The Morgan fingerprint density at radius 1 is 0.759 bits per heavy atom. The number of hydrogen-bond donors (Lipinski definition) is 6. The van der Waals surface area contributed by atoms with Crippen LogP contribution in [0.5, 0.6) is 23.0 Å². The molecule has 3 aromatic rings. The van der Waals surface area contributed by atoms with Gasteiger partial charge in [-0.25, -0.2) is 16.1 Å². The normalized spacial score (nSPS) is 16.6. The molecule has 7 N–H and O–H groups in total. The summed E-state index contributed by atoms with van der Waals surface area (Å²) in [6, 6.07) is 11.4. The quantitative estimate of drug-likeness (QED) is 0.0263. The van der Waals surface area contributed by atoms with Crippen molar-refractivity contribution in [1.29, 1.82) is 0 Å². The van der Waals surface area contributed by atoms with Gasteiger partial charge in [0.25, 0.3) is 23.6 Å². The SMILES string of the molecule is C=C1CC2[CH-]N(C(=O)OCc3ccc(NC(=O)C(CCCCNC(N)=O)NC(=O)CNCCCCN4C(=O)C=CC4=O)cc3)c3cc(OCCCCCOc4cc5c(cc4OC)C(=O)N4CC(=C)CC4CN5)c(OC)cc3C(=O)N2C1.CC.CCC.[Rb+]. The molecule has 2 fully saturated rings. The van der Waals surface area contributed by atoms with Gasteiger partial charge in [-0.05, 0) is 101 Å². The van der Waals surface area contributed by atoms with Crippen LogP contribution in [0.15, 0.2) is 85.0 Å². The first kappa shape index (κ1) is 71.0. The van der Waals surface area contributed by atoms with Gasteiger partial charge in [0.05, 0.1) is 56.8 Å². The fourth-order valence-corrected chi connectivity index (χ4v) is 10.2. The average Bonchev–Trinajstić information content (AvgIpc) is 1.82. The van der Waals surface area contributed by atoms with Crippen LogP contribution in [0.1, 0.15) is 125 Å². The number of carbonyl (C=O) groups is 8. The third-order valence-corrected chi connectivity index (χ3v) is 14.5. The van der Waals surface area contributed by atoms with E-state index in [1.54, 1.807) is 61.0 Å². The van der Waals surface area contributed by atoms with E-state index in [4.69, 9.17) is 29.4 Å². The molecule has 24 heteroatoms. The number of rotatable bonds is 27. The Kier molecular flexibility index (Phi) is 29.3. The minimum atomic E-state index is -0.923. The predicted octanol–water partition coefficient (Wildman–Crippen LogP) is 4.62. The van der Waals surface area contributed by atoms with E-state index in [-0.39, 0.29) is 125 Å². The van der Waals surface area contributed by atoms with Gasteiger partial charge in [0.1, 0.15) is 12.6 Å². The van der Waals surface area contributed by atoms with E-state index in [0.29, 0.717) is 136 Å². The number of imide groups is 1. The zero-order valence-electron chi connectivity index (χ0n) is 51.5. The van der Waals surface area contributed by atoms with Gasteiger partial charge in [0.15, 0.2) is 23.0 Å². The van der Waals surface area contributed by atoms with E-state index in [9.17, 15) is 38.4 Å². The number of amides is 9. The summed E-state index contributed by atoms with van der Waals surface area (Å²) in [4.78, 5) is 109. The number of ether oxygens (including phenoxy) is 5. The maximum atomic E-state index is 14.2. The molecule has 3 aromatic carbocycles. The summed E-state index contributed by atoms with van der Waals surface area (Å²) >= 11 is 0. The van der Waals surface area contributed by atoms with Crippen LogP contribution in [-0.4, -0.2) is 154 Å². The summed E-state index contributed by atoms with van der Waals surface area (Å²) in [6.07, 6.45) is 8.67. The van der Waals surface area contributed by atoms with Crippen molar-refractivity contribution in [3.63, 3.8) is 0 Å². The molecule has 87 heavy (non-hydrogen) atoms. The molecule has 0 aliphatic carbocycles. The third kappa shape index (κ3) is 20.1. The number of nitrogens with two attached hydrogens (primary N) is 1. The van der Waals surface area contributed by atoms with E-state index < -0.39 is 36.0 Å². The molecule has 0 spiro atoms. The molecule has 5 aliphatic heterocycles. The first-order valence-corrected chi connectivity index (χ1v) is 29.7. The smallest absolute Gasteiger partial charge is 0.493 e. The number of hydrogen-bond acceptors (Lipinski definition) is 15. The maximum absolute atomic E-state index is 14.2. The Balaban J connectivity index is 0.00000223. The molecule has 5 heterocycles. The zero-order valence-corrected chi connectivity index (χ0v) is 56.4. The predicted molar refractivity (Wildman–Crippen MR) is 327 cm³/mol. The number of methoxy groups -OCH3 is 2. The third-order valence-electron chi connectivity index (χ3n) is 14.5. The second kappa shape index (κ2) is 35.9. The Morgan fingerprint density at radius 3 is 2.02 bits per heavy atom. The van der Waals surface area contributed by atoms with Crippen molar-refractivity contribution in [3.8, 4) is 23.0 Å². The Bertz CT molecular complexity index is 2940. The van der Waals surface area contributed by atoms with E-state index in [0.717, 1.165) is 28.9 Å². The number of anilines is 3. The number of nitrogens with zero attached hydrogens (tertiary/aromatic N) is 4. The molecular formula is C63H85N10O13Rb. The van der Waals surface area contributed by atoms with Crippen LogP contribution in [0.25, 0.3) is 0 Å². The molecule has 2 saturated heterocycles. The number of carbonyl (C=O) groups excluding carboxylic acids is 8. The van der Waals surface area contributed by atoms with Crippen LogP contribution < -0.4 is 114 Å². The fraction of sp³-hybridized carbons (Fsp3) is 0.476. The van der Waals surface area contributed by atoms with Crippen molar-refractivity contribution in [2.75, 3.05) is 88.8 Å².